The molecule has 3 N–H and O–H groups in total. The lowest BCUT2D eigenvalue weighted by Crippen LogP contribution is -2.38. The standard InChI is InChI=1S/C16H24N2O3/c1-16(2,3)18-10-8-14(19)17-9-7-12-5-4-6-13(11-12)15(20)21/h4-6,11,18H,7-10H2,1-3H3,(H,17,19)(H,20,21). The van der Waals surface area contributed by atoms with Crippen LogP contribution in [0.5, 0.6) is 0 Å². The minimum absolute atomic E-state index is 0.00105. The highest BCUT2D eigenvalue weighted by Crippen LogP contribution is 2.05. The number of hydrogen-bond acceptors (Lipinski definition) is 3. The monoisotopic (exact) mass is 292 g/mol. The van der Waals surface area contributed by atoms with E-state index >= 15 is 0 Å². The Morgan fingerprint density at radius 2 is 1.90 bits per heavy atom. The summed E-state index contributed by atoms with van der Waals surface area (Å²) in [6, 6.07) is 6.77. The number of aromatic carboxylic acids is 1. The van der Waals surface area contributed by atoms with E-state index in [1.165, 1.54) is 0 Å². The van der Waals surface area contributed by atoms with Crippen LogP contribution in [0.15, 0.2) is 24.3 Å². The second kappa shape index (κ2) is 7.78. The molecule has 0 aliphatic carbocycles. The van der Waals surface area contributed by atoms with Crippen molar-refractivity contribution in [1.29, 1.82) is 0 Å². The zero-order chi connectivity index (χ0) is 15.9. The lowest BCUT2D eigenvalue weighted by molar-refractivity contribution is -0.121. The van der Waals surface area contributed by atoms with Gasteiger partial charge in [-0.3, -0.25) is 4.79 Å². The van der Waals surface area contributed by atoms with Gasteiger partial charge in [0.2, 0.25) is 5.91 Å². The minimum atomic E-state index is -0.936. The highest BCUT2D eigenvalue weighted by molar-refractivity contribution is 5.87. The van der Waals surface area contributed by atoms with Gasteiger partial charge in [0, 0.05) is 25.0 Å². The molecule has 0 spiro atoms. The van der Waals surface area contributed by atoms with Crippen LogP contribution in [0, 0.1) is 0 Å². The minimum Gasteiger partial charge on any atom is -0.478 e. The van der Waals surface area contributed by atoms with E-state index in [-0.39, 0.29) is 17.0 Å². The number of hydrogen-bond donors (Lipinski definition) is 3. The number of carboxylic acid groups (broad SMARTS) is 1. The summed E-state index contributed by atoms with van der Waals surface area (Å²) in [6.45, 7) is 7.32. The molecule has 1 aromatic rings. The van der Waals surface area contributed by atoms with E-state index in [9.17, 15) is 9.59 Å². The maximum absolute atomic E-state index is 11.6. The molecular weight excluding hydrogens is 268 g/mol. The molecule has 21 heavy (non-hydrogen) atoms. The first-order valence-corrected chi connectivity index (χ1v) is 7.12. The number of nitrogens with one attached hydrogen (secondary N) is 2. The summed E-state index contributed by atoms with van der Waals surface area (Å²) in [5.74, 6) is -0.935. The average molecular weight is 292 g/mol. The third-order valence-electron chi connectivity index (χ3n) is 2.92. The molecule has 1 amide bonds. The van der Waals surface area contributed by atoms with Crippen molar-refractivity contribution in [3.05, 3.63) is 35.4 Å². The van der Waals surface area contributed by atoms with Gasteiger partial charge in [-0.2, -0.15) is 0 Å². The molecule has 116 valence electrons. The third kappa shape index (κ3) is 7.46. The number of benzene rings is 1. The largest absolute Gasteiger partial charge is 0.478 e. The van der Waals surface area contributed by atoms with Crippen molar-refractivity contribution in [3.8, 4) is 0 Å². The third-order valence-corrected chi connectivity index (χ3v) is 2.92. The van der Waals surface area contributed by atoms with E-state index in [0.29, 0.717) is 25.9 Å². The quantitative estimate of drug-likeness (QED) is 0.716. The molecular formula is C16H24N2O3. The van der Waals surface area contributed by atoms with E-state index < -0.39 is 5.97 Å². The second-order valence-electron chi connectivity index (χ2n) is 6.03. The number of carbonyl (C=O) groups excluding carboxylic acids is 1. The number of amides is 1. The lowest BCUT2D eigenvalue weighted by Gasteiger charge is -2.20. The van der Waals surface area contributed by atoms with Gasteiger partial charge in [0.25, 0.3) is 0 Å². The van der Waals surface area contributed by atoms with Crippen LogP contribution in [-0.2, 0) is 11.2 Å². The van der Waals surface area contributed by atoms with Crippen LogP contribution in [0.4, 0.5) is 0 Å². The van der Waals surface area contributed by atoms with E-state index in [0.717, 1.165) is 5.56 Å². The highest BCUT2D eigenvalue weighted by Gasteiger charge is 2.09. The molecule has 0 aromatic heterocycles. The Bertz CT molecular complexity index is 493. The SMILES string of the molecule is CC(C)(C)NCCC(=O)NCCc1cccc(C(=O)O)c1. The molecule has 1 rings (SSSR count). The molecule has 5 nitrogen and oxygen atoms in total. The Hall–Kier alpha value is -1.88. The summed E-state index contributed by atoms with van der Waals surface area (Å²) in [5.41, 5.74) is 1.19. The van der Waals surface area contributed by atoms with Gasteiger partial charge in [0.05, 0.1) is 5.56 Å². The Balaban J connectivity index is 2.28. The molecule has 0 aliphatic heterocycles. The molecule has 0 radical (unpaired) electrons. The molecule has 0 atom stereocenters. The lowest BCUT2D eigenvalue weighted by atomic mass is 10.1. The Kier molecular flexibility index (Phi) is 6.37. The second-order valence-corrected chi connectivity index (χ2v) is 6.03. The summed E-state index contributed by atoms with van der Waals surface area (Å²) in [6.07, 6.45) is 1.06. The zero-order valence-electron chi connectivity index (χ0n) is 12.9. The van der Waals surface area contributed by atoms with Crippen LogP contribution in [-0.4, -0.2) is 35.6 Å². The molecule has 0 saturated heterocycles. The first-order valence-electron chi connectivity index (χ1n) is 7.12. The summed E-state index contributed by atoms with van der Waals surface area (Å²) >= 11 is 0. The van der Waals surface area contributed by atoms with Gasteiger partial charge in [-0.1, -0.05) is 12.1 Å². The van der Waals surface area contributed by atoms with Crippen molar-refractivity contribution >= 4 is 11.9 Å². The van der Waals surface area contributed by atoms with Gasteiger partial charge < -0.3 is 15.7 Å². The van der Waals surface area contributed by atoms with Crippen molar-refractivity contribution < 1.29 is 14.7 Å². The fourth-order valence-electron chi connectivity index (χ4n) is 1.85. The predicted molar refractivity (Wildman–Crippen MR) is 82.5 cm³/mol. The van der Waals surface area contributed by atoms with Gasteiger partial charge in [-0.15, -0.1) is 0 Å². The first kappa shape index (κ1) is 17.2. The van der Waals surface area contributed by atoms with Crippen molar-refractivity contribution in [2.45, 2.75) is 39.2 Å². The highest BCUT2D eigenvalue weighted by atomic mass is 16.4. The van der Waals surface area contributed by atoms with E-state index in [1.807, 2.05) is 6.07 Å². The zero-order valence-corrected chi connectivity index (χ0v) is 12.9. The molecule has 1 aromatic carbocycles. The molecule has 0 aliphatic rings. The van der Waals surface area contributed by atoms with Gasteiger partial charge in [0.1, 0.15) is 0 Å². The number of rotatable bonds is 7. The smallest absolute Gasteiger partial charge is 0.335 e. The van der Waals surface area contributed by atoms with Gasteiger partial charge in [0.15, 0.2) is 0 Å². The molecule has 0 heterocycles. The van der Waals surface area contributed by atoms with Crippen LogP contribution in [0.25, 0.3) is 0 Å². The van der Waals surface area contributed by atoms with Crippen molar-refractivity contribution in [1.82, 2.24) is 10.6 Å². The molecule has 5 heteroatoms. The molecule has 0 bridgehead atoms. The van der Waals surface area contributed by atoms with Gasteiger partial charge in [-0.25, -0.2) is 4.79 Å². The normalized spacial score (nSPS) is 11.2. The van der Waals surface area contributed by atoms with Crippen molar-refractivity contribution in [2.24, 2.45) is 0 Å². The Morgan fingerprint density at radius 3 is 2.52 bits per heavy atom. The molecule has 0 unspecified atom stereocenters. The molecule has 0 saturated carbocycles. The van der Waals surface area contributed by atoms with Crippen LogP contribution in [0.2, 0.25) is 0 Å². The van der Waals surface area contributed by atoms with Crippen molar-refractivity contribution in [3.63, 3.8) is 0 Å². The van der Waals surface area contributed by atoms with Crippen LogP contribution in [0.1, 0.15) is 43.1 Å². The van der Waals surface area contributed by atoms with Crippen molar-refractivity contribution in [2.75, 3.05) is 13.1 Å². The first-order chi connectivity index (χ1) is 9.78. The summed E-state index contributed by atoms with van der Waals surface area (Å²) < 4.78 is 0. The van der Waals surface area contributed by atoms with Crippen LogP contribution >= 0.6 is 0 Å². The van der Waals surface area contributed by atoms with E-state index in [4.69, 9.17) is 5.11 Å². The fraction of sp³-hybridized carbons (Fsp3) is 0.500. The van der Waals surface area contributed by atoms with Crippen LogP contribution in [0.3, 0.4) is 0 Å². The van der Waals surface area contributed by atoms with Gasteiger partial charge >= 0.3 is 5.97 Å². The summed E-state index contributed by atoms with van der Waals surface area (Å²) in [5, 5.41) is 15.0. The number of carbonyl (C=O) groups is 2. The predicted octanol–water partition coefficient (Wildman–Crippen LogP) is 1.82. The maximum atomic E-state index is 11.6. The molecule has 0 fully saturated rings. The van der Waals surface area contributed by atoms with Crippen LogP contribution < -0.4 is 10.6 Å². The van der Waals surface area contributed by atoms with Gasteiger partial charge in [-0.05, 0) is 44.9 Å². The average Bonchev–Trinajstić information content (AvgIpc) is 2.37. The maximum Gasteiger partial charge on any atom is 0.335 e. The number of carboxylic acids is 1. The topological polar surface area (TPSA) is 78.4 Å². The Labute approximate surface area is 125 Å². The van der Waals surface area contributed by atoms with E-state index in [1.54, 1.807) is 18.2 Å². The summed E-state index contributed by atoms with van der Waals surface area (Å²) in [4.78, 5) is 22.5. The van der Waals surface area contributed by atoms with E-state index in [2.05, 4.69) is 31.4 Å². The summed E-state index contributed by atoms with van der Waals surface area (Å²) in [7, 11) is 0. The Morgan fingerprint density at radius 1 is 1.19 bits per heavy atom. The fourth-order valence-corrected chi connectivity index (χ4v) is 1.85.